The summed E-state index contributed by atoms with van der Waals surface area (Å²) >= 11 is 5.91. The molecule has 9 heteroatoms. The molecule has 1 aromatic rings. The Hall–Kier alpha value is -2.32. The molecule has 2 amide bonds. The van der Waals surface area contributed by atoms with Crippen molar-refractivity contribution < 1.29 is 28.6 Å². The number of carbonyl (C=O) groups excluding carboxylic acids is 3. The first-order valence-corrected chi connectivity index (χ1v) is 8.44. The Kier molecular flexibility index (Phi) is 7.23. The van der Waals surface area contributed by atoms with Crippen molar-refractivity contribution in [2.45, 2.75) is 18.9 Å². The van der Waals surface area contributed by atoms with E-state index in [0.29, 0.717) is 29.5 Å². The van der Waals surface area contributed by atoms with Crippen LogP contribution in [0.4, 0.5) is 5.69 Å². The molecule has 0 bridgehead atoms. The molecule has 0 aliphatic carbocycles. The molecule has 1 aliphatic rings. The number of hydrogen-bond donors (Lipinski definition) is 1. The Morgan fingerprint density at radius 1 is 1.38 bits per heavy atom. The van der Waals surface area contributed by atoms with E-state index in [9.17, 15) is 14.4 Å². The van der Waals surface area contributed by atoms with Crippen LogP contribution in [-0.2, 0) is 23.9 Å². The summed E-state index contributed by atoms with van der Waals surface area (Å²) < 4.78 is 15.3. The van der Waals surface area contributed by atoms with Gasteiger partial charge in [0.2, 0.25) is 5.91 Å². The van der Waals surface area contributed by atoms with Gasteiger partial charge in [0.25, 0.3) is 5.91 Å². The molecule has 1 heterocycles. The summed E-state index contributed by atoms with van der Waals surface area (Å²) in [6.45, 7) is -0.143. The predicted octanol–water partition coefficient (Wildman–Crippen LogP) is 1.47. The number of rotatable bonds is 7. The fourth-order valence-electron chi connectivity index (χ4n) is 2.37. The molecule has 0 saturated carbocycles. The van der Waals surface area contributed by atoms with Gasteiger partial charge >= 0.3 is 5.97 Å². The van der Waals surface area contributed by atoms with E-state index in [4.69, 9.17) is 25.8 Å². The van der Waals surface area contributed by atoms with Gasteiger partial charge in [-0.25, -0.2) is 4.79 Å². The van der Waals surface area contributed by atoms with Gasteiger partial charge in [-0.3, -0.25) is 9.59 Å². The van der Waals surface area contributed by atoms with Crippen LogP contribution in [0, 0.1) is 0 Å². The van der Waals surface area contributed by atoms with E-state index in [-0.39, 0.29) is 6.54 Å². The summed E-state index contributed by atoms with van der Waals surface area (Å²) in [6.07, 6.45) is 0.778. The second-order valence-electron chi connectivity index (χ2n) is 5.75. The van der Waals surface area contributed by atoms with E-state index in [2.05, 4.69) is 5.32 Å². The van der Waals surface area contributed by atoms with Crippen molar-refractivity contribution in [3.8, 4) is 5.75 Å². The fourth-order valence-corrected chi connectivity index (χ4v) is 2.54. The molecule has 1 aliphatic heterocycles. The van der Waals surface area contributed by atoms with Crippen LogP contribution >= 0.6 is 11.6 Å². The summed E-state index contributed by atoms with van der Waals surface area (Å²) in [5, 5.41) is 3.06. The zero-order valence-electron chi connectivity index (χ0n) is 14.6. The molecule has 1 saturated heterocycles. The van der Waals surface area contributed by atoms with Crippen molar-refractivity contribution in [3.05, 3.63) is 23.2 Å². The number of likely N-dealkylation sites (N-methyl/N-ethyl adjacent to an activating group) is 1. The molecule has 1 N–H and O–H groups in total. The predicted molar refractivity (Wildman–Crippen MR) is 94.2 cm³/mol. The van der Waals surface area contributed by atoms with Gasteiger partial charge in [0, 0.05) is 18.7 Å². The lowest BCUT2D eigenvalue weighted by atomic mass is 10.2. The second kappa shape index (κ2) is 9.40. The number of halogens is 1. The topological polar surface area (TPSA) is 94.2 Å². The summed E-state index contributed by atoms with van der Waals surface area (Å²) in [6, 6.07) is 4.80. The van der Waals surface area contributed by atoms with Gasteiger partial charge in [-0.05, 0) is 31.0 Å². The molecule has 1 fully saturated rings. The first-order chi connectivity index (χ1) is 12.4. The summed E-state index contributed by atoms with van der Waals surface area (Å²) in [5.74, 6) is -1.05. The minimum absolute atomic E-state index is 0.216. The zero-order valence-corrected chi connectivity index (χ0v) is 15.4. The molecule has 0 unspecified atom stereocenters. The monoisotopic (exact) mass is 384 g/mol. The molecule has 2 rings (SSSR count). The van der Waals surface area contributed by atoms with Gasteiger partial charge in [-0.15, -0.1) is 0 Å². The average molecular weight is 385 g/mol. The van der Waals surface area contributed by atoms with Crippen LogP contribution in [0.1, 0.15) is 12.8 Å². The Bertz CT molecular complexity index is 675. The van der Waals surface area contributed by atoms with Crippen LogP contribution in [0.25, 0.3) is 0 Å². The largest absolute Gasteiger partial charge is 0.495 e. The number of hydrogen-bond acceptors (Lipinski definition) is 6. The number of amides is 2. The maximum Gasteiger partial charge on any atom is 0.335 e. The molecular weight excluding hydrogens is 364 g/mol. The van der Waals surface area contributed by atoms with Crippen molar-refractivity contribution in [3.63, 3.8) is 0 Å². The van der Waals surface area contributed by atoms with Crippen molar-refractivity contribution >= 4 is 35.1 Å². The molecular formula is C17H21ClN2O6. The zero-order chi connectivity index (χ0) is 19.1. The van der Waals surface area contributed by atoms with Crippen LogP contribution in [0.2, 0.25) is 5.02 Å². The lowest BCUT2D eigenvalue weighted by molar-refractivity contribution is -0.159. The van der Waals surface area contributed by atoms with Gasteiger partial charge in [0.05, 0.1) is 19.3 Å². The number of benzene rings is 1. The number of nitrogens with one attached hydrogen (secondary N) is 1. The minimum atomic E-state index is -0.605. The highest BCUT2D eigenvalue weighted by Gasteiger charge is 2.26. The van der Waals surface area contributed by atoms with Gasteiger partial charge in [0.15, 0.2) is 12.7 Å². The third kappa shape index (κ3) is 5.60. The highest BCUT2D eigenvalue weighted by atomic mass is 35.5. The van der Waals surface area contributed by atoms with Gasteiger partial charge in [0.1, 0.15) is 5.75 Å². The van der Waals surface area contributed by atoms with Gasteiger partial charge < -0.3 is 24.4 Å². The molecule has 0 aromatic heterocycles. The van der Waals surface area contributed by atoms with Crippen molar-refractivity contribution in [1.29, 1.82) is 0 Å². The number of nitrogens with zero attached hydrogens (tertiary/aromatic N) is 1. The highest BCUT2D eigenvalue weighted by Crippen LogP contribution is 2.27. The minimum Gasteiger partial charge on any atom is -0.495 e. The summed E-state index contributed by atoms with van der Waals surface area (Å²) in [5.41, 5.74) is 0.399. The van der Waals surface area contributed by atoms with Crippen LogP contribution < -0.4 is 10.1 Å². The number of ether oxygens (including phenoxy) is 3. The van der Waals surface area contributed by atoms with E-state index in [1.54, 1.807) is 18.2 Å². The van der Waals surface area contributed by atoms with E-state index in [1.165, 1.54) is 14.2 Å². The van der Waals surface area contributed by atoms with E-state index in [1.807, 2.05) is 0 Å². The van der Waals surface area contributed by atoms with Gasteiger partial charge in [-0.1, -0.05) is 11.6 Å². The maximum absolute atomic E-state index is 12.1. The SMILES string of the molecule is COc1ccc(Cl)cc1NC(=O)CN(C)C(=O)COC(=O)[C@@H]1CCCO1. The maximum atomic E-state index is 12.1. The number of methoxy groups -OCH3 is 1. The van der Waals surface area contributed by atoms with Crippen LogP contribution in [0.3, 0.4) is 0 Å². The standard InChI is InChI=1S/C17H21ClN2O6/c1-20(16(22)10-26-17(23)14-4-3-7-25-14)9-15(21)19-12-8-11(18)5-6-13(12)24-2/h5-6,8,14H,3-4,7,9-10H2,1-2H3,(H,19,21)/t14-/m0/s1. The number of esters is 1. The molecule has 1 atom stereocenters. The van der Waals surface area contributed by atoms with Crippen molar-refractivity contribution in [2.24, 2.45) is 0 Å². The first-order valence-electron chi connectivity index (χ1n) is 8.06. The Balaban J connectivity index is 1.81. The third-order valence-electron chi connectivity index (χ3n) is 3.77. The normalized spacial score (nSPS) is 16.0. The smallest absolute Gasteiger partial charge is 0.335 e. The Morgan fingerprint density at radius 3 is 2.81 bits per heavy atom. The van der Waals surface area contributed by atoms with Crippen molar-refractivity contribution in [1.82, 2.24) is 4.90 Å². The van der Waals surface area contributed by atoms with E-state index < -0.39 is 30.5 Å². The summed E-state index contributed by atoms with van der Waals surface area (Å²) in [7, 11) is 2.91. The lowest BCUT2D eigenvalue weighted by Crippen LogP contribution is -2.38. The first kappa shape index (κ1) is 20.0. The van der Waals surface area contributed by atoms with Crippen LogP contribution in [0.5, 0.6) is 5.75 Å². The van der Waals surface area contributed by atoms with Crippen LogP contribution in [-0.4, -0.2) is 62.7 Å². The molecule has 26 heavy (non-hydrogen) atoms. The third-order valence-corrected chi connectivity index (χ3v) is 4.01. The van der Waals surface area contributed by atoms with Gasteiger partial charge in [-0.2, -0.15) is 0 Å². The highest BCUT2D eigenvalue weighted by molar-refractivity contribution is 6.31. The lowest BCUT2D eigenvalue weighted by Gasteiger charge is -2.18. The Labute approximate surface area is 156 Å². The fraction of sp³-hybridized carbons (Fsp3) is 0.471. The molecule has 8 nitrogen and oxygen atoms in total. The molecule has 1 aromatic carbocycles. The molecule has 142 valence electrons. The Morgan fingerprint density at radius 2 is 2.15 bits per heavy atom. The van der Waals surface area contributed by atoms with Crippen LogP contribution in [0.15, 0.2) is 18.2 Å². The summed E-state index contributed by atoms with van der Waals surface area (Å²) in [4.78, 5) is 37.0. The van der Waals surface area contributed by atoms with E-state index in [0.717, 1.165) is 11.3 Å². The van der Waals surface area contributed by atoms with Crippen molar-refractivity contribution in [2.75, 3.05) is 39.2 Å². The number of carbonyl (C=O) groups is 3. The molecule has 0 spiro atoms. The number of anilines is 1. The average Bonchev–Trinajstić information content (AvgIpc) is 3.14. The van der Waals surface area contributed by atoms with E-state index >= 15 is 0 Å². The second-order valence-corrected chi connectivity index (χ2v) is 6.19. The quantitative estimate of drug-likeness (QED) is 0.715. The molecule has 0 radical (unpaired) electrons.